The molecule has 0 fully saturated rings. The SMILES string of the molecule is CSc1ncc2c(n1)N(C)C(=O)N(C1CCNc3c(Cl)cccc31)C2. The van der Waals surface area contributed by atoms with Gasteiger partial charge in [0.1, 0.15) is 5.82 Å². The molecule has 8 heteroatoms. The van der Waals surface area contributed by atoms with Gasteiger partial charge in [-0.1, -0.05) is 35.5 Å². The van der Waals surface area contributed by atoms with Crippen LogP contribution in [0.25, 0.3) is 0 Å². The fourth-order valence-corrected chi connectivity index (χ4v) is 4.06. The average molecular weight is 376 g/mol. The molecule has 0 aliphatic carbocycles. The van der Waals surface area contributed by atoms with Crippen molar-refractivity contribution in [3.63, 3.8) is 0 Å². The lowest BCUT2D eigenvalue weighted by molar-refractivity contribution is 0.169. The first-order chi connectivity index (χ1) is 12.1. The van der Waals surface area contributed by atoms with E-state index in [2.05, 4.69) is 15.3 Å². The highest BCUT2D eigenvalue weighted by atomic mass is 35.5. The molecule has 0 saturated heterocycles. The van der Waals surface area contributed by atoms with E-state index in [1.807, 2.05) is 35.6 Å². The number of hydrogen-bond acceptors (Lipinski definition) is 5. The van der Waals surface area contributed by atoms with Gasteiger partial charge < -0.3 is 10.2 Å². The van der Waals surface area contributed by atoms with Crippen LogP contribution in [0.5, 0.6) is 0 Å². The number of carbonyl (C=O) groups is 1. The molecule has 3 heterocycles. The predicted octanol–water partition coefficient (Wildman–Crippen LogP) is 3.78. The summed E-state index contributed by atoms with van der Waals surface area (Å²) < 4.78 is 0. The number of amides is 2. The molecular formula is C17H18ClN5OS. The summed E-state index contributed by atoms with van der Waals surface area (Å²) in [4.78, 5) is 25.4. The van der Waals surface area contributed by atoms with Crippen molar-refractivity contribution in [1.29, 1.82) is 0 Å². The van der Waals surface area contributed by atoms with Crippen molar-refractivity contribution in [1.82, 2.24) is 14.9 Å². The number of benzene rings is 1. The van der Waals surface area contributed by atoms with Crippen LogP contribution >= 0.6 is 23.4 Å². The second-order valence-electron chi connectivity index (χ2n) is 6.11. The minimum absolute atomic E-state index is 0.0155. The highest BCUT2D eigenvalue weighted by Crippen LogP contribution is 2.41. The first-order valence-corrected chi connectivity index (χ1v) is 9.67. The minimum atomic E-state index is -0.0453. The molecule has 2 aromatic rings. The number of hydrogen-bond donors (Lipinski definition) is 1. The summed E-state index contributed by atoms with van der Waals surface area (Å²) >= 11 is 7.80. The summed E-state index contributed by atoms with van der Waals surface area (Å²) in [5, 5.41) is 4.71. The van der Waals surface area contributed by atoms with E-state index in [9.17, 15) is 4.79 Å². The molecule has 1 atom stereocenters. The van der Waals surface area contributed by atoms with E-state index in [4.69, 9.17) is 11.6 Å². The number of halogens is 1. The fraction of sp³-hybridized carbons (Fsp3) is 0.353. The van der Waals surface area contributed by atoms with Crippen LogP contribution in [-0.4, -0.2) is 40.7 Å². The third-order valence-corrected chi connectivity index (χ3v) is 5.57. The topological polar surface area (TPSA) is 61.4 Å². The van der Waals surface area contributed by atoms with Gasteiger partial charge in [-0.2, -0.15) is 0 Å². The standard InChI is InChI=1S/C17H18ClN5OS/c1-22-15-10(8-20-16(21-15)25-2)9-23(17(22)24)13-6-7-19-14-11(13)4-3-5-12(14)18/h3-5,8,13,19H,6-7,9H2,1-2H3. The van der Waals surface area contributed by atoms with Crippen LogP contribution in [-0.2, 0) is 6.54 Å². The second-order valence-corrected chi connectivity index (χ2v) is 7.29. The Bertz CT molecular complexity index is 846. The Morgan fingerprint density at radius 2 is 2.24 bits per heavy atom. The fourth-order valence-electron chi connectivity index (χ4n) is 3.48. The van der Waals surface area contributed by atoms with Gasteiger partial charge in [0.2, 0.25) is 0 Å². The van der Waals surface area contributed by atoms with E-state index in [-0.39, 0.29) is 12.1 Å². The van der Waals surface area contributed by atoms with Crippen molar-refractivity contribution in [2.24, 2.45) is 0 Å². The summed E-state index contributed by atoms with van der Waals surface area (Å²) in [6.45, 7) is 1.29. The van der Waals surface area contributed by atoms with Crippen LogP contribution in [0.3, 0.4) is 0 Å². The first-order valence-electron chi connectivity index (χ1n) is 8.06. The van der Waals surface area contributed by atoms with Crippen molar-refractivity contribution in [2.75, 3.05) is 30.1 Å². The molecular weight excluding hydrogens is 358 g/mol. The lowest BCUT2D eigenvalue weighted by Crippen LogP contribution is -2.48. The van der Waals surface area contributed by atoms with Crippen molar-refractivity contribution in [2.45, 2.75) is 24.2 Å². The number of anilines is 2. The van der Waals surface area contributed by atoms with E-state index in [1.165, 1.54) is 11.8 Å². The van der Waals surface area contributed by atoms with Crippen LogP contribution in [0.15, 0.2) is 29.6 Å². The van der Waals surface area contributed by atoms with E-state index in [0.29, 0.717) is 22.5 Å². The first kappa shape index (κ1) is 16.5. The Balaban J connectivity index is 1.73. The molecule has 4 rings (SSSR count). The smallest absolute Gasteiger partial charge is 0.326 e. The number of nitrogens with zero attached hydrogens (tertiary/aromatic N) is 4. The van der Waals surface area contributed by atoms with Crippen molar-refractivity contribution in [3.05, 3.63) is 40.5 Å². The van der Waals surface area contributed by atoms with Crippen LogP contribution in [0, 0.1) is 0 Å². The molecule has 2 aliphatic rings. The number of para-hydroxylation sites is 1. The Morgan fingerprint density at radius 1 is 1.40 bits per heavy atom. The Labute approximate surface area is 155 Å². The van der Waals surface area contributed by atoms with E-state index in [0.717, 1.165) is 29.8 Å². The molecule has 0 saturated carbocycles. The zero-order valence-corrected chi connectivity index (χ0v) is 15.6. The van der Waals surface area contributed by atoms with Gasteiger partial charge in [-0.15, -0.1) is 0 Å². The normalized spacial score (nSPS) is 19.3. The van der Waals surface area contributed by atoms with Crippen LogP contribution < -0.4 is 10.2 Å². The predicted molar refractivity (Wildman–Crippen MR) is 100 cm³/mol. The largest absolute Gasteiger partial charge is 0.383 e. The zero-order chi connectivity index (χ0) is 17.6. The number of rotatable bonds is 2. The summed E-state index contributed by atoms with van der Waals surface area (Å²) in [6.07, 6.45) is 4.59. The van der Waals surface area contributed by atoms with E-state index < -0.39 is 0 Å². The zero-order valence-electron chi connectivity index (χ0n) is 14.0. The number of aromatic nitrogens is 2. The molecule has 0 bridgehead atoms. The quantitative estimate of drug-likeness (QED) is 0.639. The number of urea groups is 1. The van der Waals surface area contributed by atoms with E-state index in [1.54, 1.807) is 11.9 Å². The van der Waals surface area contributed by atoms with Crippen molar-refractivity contribution >= 4 is 40.9 Å². The van der Waals surface area contributed by atoms with Crippen molar-refractivity contribution < 1.29 is 4.79 Å². The number of carbonyl (C=O) groups excluding carboxylic acids is 1. The molecule has 2 amide bonds. The summed E-state index contributed by atoms with van der Waals surface area (Å²) in [6, 6.07) is 5.77. The van der Waals surface area contributed by atoms with Gasteiger partial charge in [0.15, 0.2) is 5.16 Å². The van der Waals surface area contributed by atoms with Crippen molar-refractivity contribution in [3.8, 4) is 0 Å². The van der Waals surface area contributed by atoms with Gasteiger partial charge >= 0.3 is 6.03 Å². The average Bonchev–Trinajstić information content (AvgIpc) is 2.64. The summed E-state index contributed by atoms with van der Waals surface area (Å²) in [5.74, 6) is 0.695. The van der Waals surface area contributed by atoms with Gasteiger partial charge in [0.25, 0.3) is 0 Å². The maximum atomic E-state index is 13.0. The van der Waals surface area contributed by atoms with Gasteiger partial charge in [-0.05, 0) is 24.3 Å². The molecule has 1 unspecified atom stereocenters. The molecule has 0 radical (unpaired) electrons. The maximum Gasteiger partial charge on any atom is 0.326 e. The lowest BCUT2D eigenvalue weighted by Gasteiger charge is -2.41. The number of nitrogens with one attached hydrogen (secondary N) is 1. The molecule has 1 aromatic heterocycles. The van der Waals surface area contributed by atoms with Crippen LogP contribution in [0.2, 0.25) is 5.02 Å². The number of thioether (sulfide) groups is 1. The second kappa shape index (κ2) is 6.38. The molecule has 6 nitrogen and oxygen atoms in total. The third-order valence-electron chi connectivity index (χ3n) is 4.69. The Morgan fingerprint density at radius 3 is 3.04 bits per heavy atom. The van der Waals surface area contributed by atoms with Gasteiger partial charge in [0.05, 0.1) is 23.3 Å². The van der Waals surface area contributed by atoms with Gasteiger partial charge in [-0.25, -0.2) is 14.8 Å². The Hall–Kier alpha value is -1.99. The monoisotopic (exact) mass is 375 g/mol. The van der Waals surface area contributed by atoms with Crippen LogP contribution in [0.4, 0.5) is 16.3 Å². The maximum absolute atomic E-state index is 13.0. The molecule has 2 aliphatic heterocycles. The highest BCUT2D eigenvalue weighted by molar-refractivity contribution is 7.98. The lowest BCUT2D eigenvalue weighted by atomic mass is 9.95. The van der Waals surface area contributed by atoms with Crippen LogP contribution in [0.1, 0.15) is 23.6 Å². The molecule has 0 spiro atoms. The molecule has 1 N–H and O–H groups in total. The number of fused-ring (bicyclic) bond motifs is 2. The Kier molecular flexibility index (Phi) is 4.21. The van der Waals surface area contributed by atoms with Gasteiger partial charge in [0, 0.05) is 25.4 Å². The molecule has 25 heavy (non-hydrogen) atoms. The molecule has 1 aromatic carbocycles. The van der Waals surface area contributed by atoms with E-state index >= 15 is 0 Å². The van der Waals surface area contributed by atoms with Gasteiger partial charge in [-0.3, -0.25) is 4.90 Å². The summed E-state index contributed by atoms with van der Waals surface area (Å²) in [5.41, 5.74) is 2.95. The minimum Gasteiger partial charge on any atom is -0.383 e. The third kappa shape index (κ3) is 2.71. The highest BCUT2D eigenvalue weighted by Gasteiger charge is 2.36. The summed E-state index contributed by atoms with van der Waals surface area (Å²) in [7, 11) is 1.77. The molecule has 130 valence electrons.